The Morgan fingerprint density at radius 2 is 0.662 bits per heavy atom. The van der Waals surface area contributed by atoms with Crippen molar-refractivity contribution < 1.29 is 0 Å². The average Bonchev–Trinajstić information content (AvgIpc) is 4.12. The van der Waals surface area contributed by atoms with Crippen LogP contribution in [0.5, 0.6) is 0 Å². The fourth-order valence-corrected chi connectivity index (χ4v) is 14.0. The minimum absolute atomic E-state index is 0.497. The second kappa shape index (κ2) is 14.1. The highest BCUT2D eigenvalue weighted by molar-refractivity contribution is 6.26. The third-order valence-corrected chi connectivity index (χ3v) is 16.8. The summed E-state index contributed by atoms with van der Waals surface area (Å²) in [5.41, 5.74) is 22.6. The minimum Gasteiger partial charge on any atom is -0.344 e. The summed E-state index contributed by atoms with van der Waals surface area (Å²) >= 11 is 0. The normalized spacial score (nSPS) is 13.3. The zero-order valence-electron chi connectivity index (χ0n) is 39.3. The standard InChI is InChI=1S/C69H44N2/c1-70-60-34-11-7-22-51(60)65-47(28-16-36-62(65)70)43-24-13-26-49-54(43)40-55-44(48-29-17-37-63-66(48)52-23-8-12-35-61(52)71(63)2)25-14-27-50(55)64(49)53-30-15-33-58-68(53)67-42-19-4-3-18-41(42)38-39-59(67)69(58)56-31-9-5-20-45(56)46-21-6-10-32-57(46)69/h3-40H,1-2H3. The molecule has 12 aromatic carbocycles. The number of fused-ring (bicyclic) bond motifs is 20. The lowest BCUT2D eigenvalue weighted by Crippen LogP contribution is -2.25. The SMILES string of the molecule is Cn1c2ccccc2c2c(-c3cccc4c(-c5cccc6c5-c5c(ccc7ccccc57)C65c6ccccc6-c6ccccc65)c5cccc(-c6cccc7c6c6ccccc6n7C)c5cc34)cccc21. The first-order chi connectivity index (χ1) is 35.1. The summed E-state index contributed by atoms with van der Waals surface area (Å²) in [6.45, 7) is 0. The number of aryl methyl sites for hydroxylation is 2. The van der Waals surface area contributed by atoms with Gasteiger partial charge in [-0.05, 0) is 141 Å². The first-order valence-electron chi connectivity index (χ1n) is 24.9. The molecule has 0 amide bonds. The number of benzene rings is 12. The van der Waals surface area contributed by atoms with E-state index in [9.17, 15) is 0 Å². The van der Waals surface area contributed by atoms with E-state index in [-0.39, 0.29) is 0 Å². The molecule has 330 valence electrons. The molecule has 0 fully saturated rings. The fourth-order valence-electron chi connectivity index (χ4n) is 14.0. The van der Waals surface area contributed by atoms with Crippen LogP contribution in [0.2, 0.25) is 0 Å². The van der Waals surface area contributed by atoms with E-state index in [2.05, 4.69) is 254 Å². The molecule has 0 bridgehead atoms. The fraction of sp³-hybridized carbons (Fsp3) is 0.0435. The number of nitrogens with zero attached hydrogens (tertiary/aromatic N) is 2. The number of hydrogen-bond acceptors (Lipinski definition) is 0. The van der Waals surface area contributed by atoms with Crippen LogP contribution in [0.4, 0.5) is 0 Å². The molecule has 0 radical (unpaired) electrons. The van der Waals surface area contributed by atoms with Crippen LogP contribution >= 0.6 is 0 Å². The van der Waals surface area contributed by atoms with Crippen molar-refractivity contribution in [3.63, 3.8) is 0 Å². The monoisotopic (exact) mass is 900 g/mol. The summed E-state index contributed by atoms with van der Waals surface area (Å²) < 4.78 is 4.71. The number of hydrogen-bond donors (Lipinski definition) is 0. The lowest BCUT2D eigenvalue weighted by atomic mass is 9.70. The van der Waals surface area contributed by atoms with E-state index < -0.39 is 5.41 Å². The topological polar surface area (TPSA) is 9.86 Å². The molecule has 0 saturated heterocycles. The van der Waals surface area contributed by atoms with Crippen LogP contribution in [-0.2, 0) is 19.5 Å². The van der Waals surface area contributed by atoms with Crippen LogP contribution in [0.15, 0.2) is 231 Å². The highest BCUT2D eigenvalue weighted by atomic mass is 14.9. The van der Waals surface area contributed by atoms with Crippen molar-refractivity contribution in [1.82, 2.24) is 9.13 Å². The minimum atomic E-state index is -0.497. The van der Waals surface area contributed by atoms with Crippen LogP contribution in [0.25, 0.3) is 132 Å². The summed E-state index contributed by atoms with van der Waals surface area (Å²) in [6, 6.07) is 87.5. The van der Waals surface area contributed by atoms with E-state index in [1.165, 1.54) is 154 Å². The van der Waals surface area contributed by atoms with Crippen molar-refractivity contribution >= 4 is 75.9 Å². The predicted molar refractivity (Wildman–Crippen MR) is 300 cm³/mol. The van der Waals surface area contributed by atoms with Gasteiger partial charge in [-0.3, -0.25) is 0 Å². The molecule has 1 spiro atoms. The van der Waals surface area contributed by atoms with Gasteiger partial charge in [-0.25, -0.2) is 0 Å². The zero-order valence-corrected chi connectivity index (χ0v) is 39.3. The molecule has 0 atom stereocenters. The van der Waals surface area contributed by atoms with Crippen LogP contribution in [0.1, 0.15) is 22.3 Å². The first kappa shape index (κ1) is 38.9. The van der Waals surface area contributed by atoms with Crippen LogP contribution in [0.3, 0.4) is 0 Å². The van der Waals surface area contributed by atoms with E-state index in [4.69, 9.17) is 0 Å². The molecule has 0 unspecified atom stereocenters. The van der Waals surface area contributed by atoms with E-state index in [0.717, 1.165) is 0 Å². The third-order valence-electron chi connectivity index (χ3n) is 16.8. The highest BCUT2D eigenvalue weighted by Gasteiger charge is 2.52. The first-order valence-corrected chi connectivity index (χ1v) is 24.9. The molecular formula is C69H44N2. The van der Waals surface area contributed by atoms with Crippen molar-refractivity contribution in [2.75, 3.05) is 0 Å². The Bertz CT molecular complexity index is 4450. The van der Waals surface area contributed by atoms with Crippen LogP contribution in [-0.4, -0.2) is 9.13 Å². The van der Waals surface area contributed by atoms with Crippen LogP contribution < -0.4 is 0 Å². The average molecular weight is 901 g/mol. The summed E-state index contributed by atoms with van der Waals surface area (Å²) in [4.78, 5) is 0. The summed E-state index contributed by atoms with van der Waals surface area (Å²) in [6.07, 6.45) is 0. The lowest BCUT2D eigenvalue weighted by Gasteiger charge is -2.30. The van der Waals surface area contributed by atoms with Gasteiger partial charge in [0.05, 0.1) is 5.41 Å². The molecule has 0 aliphatic heterocycles. The highest BCUT2D eigenvalue weighted by Crippen LogP contribution is 2.65. The summed E-state index contributed by atoms with van der Waals surface area (Å²) in [5.74, 6) is 0. The van der Waals surface area contributed by atoms with E-state index in [1.807, 2.05) is 0 Å². The molecular weight excluding hydrogens is 857 g/mol. The Labute approximate surface area is 410 Å². The Balaban J connectivity index is 1.10. The number of para-hydroxylation sites is 2. The van der Waals surface area contributed by atoms with Crippen molar-refractivity contribution in [3.05, 3.63) is 253 Å². The van der Waals surface area contributed by atoms with Gasteiger partial charge >= 0.3 is 0 Å². The van der Waals surface area contributed by atoms with Crippen molar-refractivity contribution in [2.45, 2.75) is 5.41 Å². The zero-order chi connectivity index (χ0) is 46.7. The Hall–Kier alpha value is -8.98. The second-order valence-electron chi connectivity index (χ2n) is 19.9. The molecule has 0 N–H and O–H groups in total. The number of aromatic nitrogens is 2. The molecule has 71 heavy (non-hydrogen) atoms. The van der Waals surface area contributed by atoms with E-state index >= 15 is 0 Å². The maximum Gasteiger partial charge on any atom is 0.0725 e. The number of rotatable bonds is 3. The van der Waals surface area contributed by atoms with Crippen molar-refractivity contribution in [3.8, 4) is 55.6 Å². The third kappa shape index (κ3) is 4.87. The quantitative estimate of drug-likeness (QED) is 0.156. The predicted octanol–water partition coefficient (Wildman–Crippen LogP) is 17.8. The van der Waals surface area contributed by atoms with Gasteiger partial charge in [-0.15, -0.1) is 0 Å². The van der Waals surface area contributed by atoms with Crippen LogP contribution in [0, 0.1) is 0 Å². The van der Waals surface area contributed by atoms with Crippen molar-refractivity contribution in [2.24, 2.45) is 14.1 Å². The van der Waals surface area contributed by atoms with Gasteiger partial charge in [0.2, 0.25) is 0 Å². The van der Waals surface area contributed by atoms with Gasteiger partial charge in [-0.1, -0.05) is 200 Å². The second-order valence-corrected chi connectivity index (χ2v) is 19.9. The molecule has 2 heteroatoms. The summed E-state index contributed by atoms with van der Waals surface area (Å²) in [7, 11) is 4.41. The smallest absolute Gasteiger partial charge is 0.0725 e. The Morgan fingerprint density at radius 3 is 1.27 bits per heavy atom. The van der Waals surface area contributed by atoms with E-state index in [1.54, 1.807) is 0 Å². The molecule has 14 aromatic rings. The summed E-state index contributed by atoms with van der Waals surface area (Å²) in [5, 5.41) is 12.6. The van der Waals surface area contributed by atoms with Gasteiger partial charge in [0.1, 0.15) is 0 Å². The Kier molecular flexibility index (Phi) is 7.71. The maximum absolute atomic E-state index is 2.53. The molecule has 2 aromatic heterocycles. The van der Waals surface area contributed by atoms with Gasteiger partial charge in [0, 0.05) is 57.7 Å². The molecule has 16 rings (SSSR count). The van der Waals surface area contributed by atoms with E-state index in [0.29, 0.717) is 0 Å². The Morgan fingerprint density at radius 1 is 0.254 bits per heavy atom. The lowest BCUT2D eigenvalue weighted by molar-refractivity contribution is 0.794. The van der Waals surface area contributed by atoms with Gasteiger partial charge in [-0.2, -0.15) is 0 Å². The molecule has 2 heterocycles. The van der Waals surface area contributed by atoms with Crippen molar-refractivity contribution in [1.29, 1.82) is 0 Å². The molecule has 2 aliphatic carbocycles. The van der Waals surface area contributed by atoms with Gasteiger partial charge in [0.15, 0.2) is 0 Å². The van der Waals surface area contributed by atoms with Gasteiger partial charge < -0.3 is 9.13 Å². The van der Waals surface area contributed by atoms with Gasteiger partial charge in [0.25, 0.3) is 0 Å². The maximum atomic E-state index is 2.53. The largest absolute Gasteiger partial charge is 0.344 e. The molecule has 2 aliphatic rings. The molecule has 0 saturated carbocycles. The molecule has 2 nitrogen and oxygen atoms in total.